The number of benzene rings is 1. The Morgan fingerprint density at radius 3 is 2.72 bits per heavy atom. The highest BCUT2D eigenvalue weighted by molar-refractivity contribution is 6.03. The summed E-state index contributed by atoms with van der Waals surface area (Å²) in [5.74, 6) is 0.405. The number of aryl methyl sites for hydroxylation is 1. The number of amides is 1. The summed E-state index contributed by atoms with van der Waals surface area (Å²) in [7, 11) is 0. The van der Waals surface area contributed by atoms with E-state index in [1.54, 1.807) is 6.20 Å². The molecule has 2 N–H and O–H groups in total. The van der Waals surface area contributed by atoms with Gasteiger partial charge >= 0.3 is 0 Å². The van der Waals surface area contributed by atoms with E-state index in [9.17, 15) is 4.79 Å². The quantitative estimate of drug-likeness (QED) is 0.834. The number of para-hydroxylation sites is 1. The Morgan fingerprint density at radius 1 is 1.20 bits per heavy atom. The van der Waals surface area contributed by atoms with Crippen LogP contribution in [0.2, 0.25) is 0 Å². The number of carbonyl (C=O) groups excluding carboxylic acids is 1. The molecular weight excluding hydrogens is 318 g/mol. The fraction of sp³-hybridized carbons (Fsp3) is 0.389. The number of hydrogen-bond acceptors (Lipinski definition) is 6. The van der Waals surface area contributed by atoms with Crippen LogP contribution in [0.4, 0.5) is 11.5 Å². The Morgan fingerprint density at radius 2 is 2.00 bits per heavy atom. The molecule has 0 unspecified atom stereocenters. The van der Waals surface area contributed by atoms with Gasteiger partial charge in [-0.05, 0) is 18.6 Å². The minimum atomic E-state index is -0.262. The van der Waals surface area contributed by atoms with Crippen molar-refractivity contribution < 1.29 is 9.53 Å². The summed E-state index contributed by atoms with van der Waals surface area (Å²) in [4.78, 5) is 23.1. The largest absolute Gasteiger partial charge is 0.379 e. The molecule has 0 aliphatic carbocycles. The molecule has 1 amide bonds. The first-order chi connectivity index (χ1) is 12.2. The molecule has 2 aromatic rings. The second-order valence-corrected chi connectivity index (χ2v) is 5.94. The fourth-order valence-electron chi connectivity index (χ4n) is 2.60. The first-order valence-electron chi connectivity index (χ1n) is 8.45. The van der Waals surface area contributed by atoms with Crippen LogP contribution in [0.15, 0.2) is 36.7 Å². The fourth-order valence-corrected chi connectivity index (χ4v) is 2.60. The number of rotatable bonds is 6. The van der Waals surface area contributed by atoms with Gasteiger partial charge in [-0.25, -0.2) is 9.97 Å². The zero-order valence-corrected chi connectivity index (χ0v) is 14.4. The molecule has 132 valence electrons. The summed E-state index contributed by atoms with van der Waals surface area (Å²) >= 11 is 0. The van der Waals surface area contributed by atoms with Gasteiger partial charge in [-0.1, -0.05) is 18.2 Å². The van der Waals surface area contributed by atoms with E-state index in [1.165, 1.54) is 6.20 Å². The number of ether oxygens (including phenoxy) is 1. The standard InChI is InChI=1S/C18H23N5O2/c1-14-4-2-3-5-15(14)22-18(24)16-12-21-17(13-20-16)19-6-7-23-8-10-25-11-9-23/h2-5,12-13H,6-11H2,1H3,(H,19,21)(H,22,24). The van der Waals surface area contributed by atoms with E-state index in [1.807, 2.05) is 31.2 Å². The number of carbonyl (C=O) groups is 1. The topological polar surface area (TPSA) is 79.4 Å². The van der Waals surface area contributed by atoms with Gasteiger partial charge in [-0.15, -0.1) is 0 Å². The smallest absolute Gasteiger partial charge is 0.275 e. The molecule has 1 saturated heterocycles. The van der Waals surface area contributed by atoms with Crippen LogP contribution in [0.25, 0.3) is 0 Å². The van der Waals surface area contributed by atoms with Gasteiger partial charge in [0.15, 0.2) is 0 Å². The van der Waals surface area contributed by atoms with E-state index in [0.29, 0.717) is 11.5 Å². The molecule has 1 aromatic carbocycles. The number of hydrogen-bond donors (Lipinski definition) is 2. The molecule has 25 heavy (non-hydrogen) atoms. The first-order valence-corrected chi connectivity index (χ1v) is 8.45. The van der Waals surface area contributed by atoms with Crippen molar-refractivity contribution >= 4 is 17.4 Å². The van der Waals surface area contributed by atoms with Gasteiger partial charge in [0.25, 0.3) is 5.91 Å². The van der Waals surface area contributed by atoms with Gasteiger partial charge in [0.1, 0.15) is 11.5 Å². The third-order valence-corrected chi connectivity index (χ3v) is 4.12. The lowest BCUT2D eigenvalue weighted by molar-refractivity contribution is 0.0398. The summed E-state index contributed by atoms with van der Waals surface area (Å²) < 4.78 is 5.33. The lowest BCUT2D eigenvalue weighted by Gasteiger charge is -2.26. The summed E-state index contributed by atoms with van der Waals surface area (Å²) in [5.41, 5.74) is 2.08. The molecule has 1 aliphatic rings. The molecule has 0 saturated carbocycles. The molecule has 3 rings (SSSR count). The zero-order chi connectivity index (χ0) is 17.5. The molecule has 0 spiro atoms. The van der Waals surface area contributed by atoms with E-state index in [4.69, 9.17) is 4.74 Å². The average Bonchev–Trinajstić information content (AvgIpc) is 2.65. The zero-order valence-electron chi connectivity index (χ0n) is 14.4. The maximum Gasteiger partial charge on any atom is 0.275 e. The third kappa shape index (κ3) is 4.98. The van der Waals surface area contributed by atoms with Crippen molar-refractivity contribution in [3.8, 4) is 0 Å². The molecule has 0 bridgehead atoms. The van der Waals surface area contributed by atoms with Crippen molar-refractivity contribution in [1.82, 2.24) is 14.9 Å². The van der Waals surface area contributed by atoms with Gasteiger partial charge in [0.05, 0.1) is 25.6 Å². The molecule has 0 radical (unpaired) electrons. The van der Waals surface area contributed by atoms with E-state index < -0.39 is 0 Å². The van der Waals surface area contributed by atoms with Crippen LogP contribution in [0.1, 0.15) is 16.1 Å². The molecule has 0 atom stereocenters. The van der Waals surface area contributed by atoms with Gasteiger partial charge in [0.2, 0.25) is 0 Å². The van der Waals surface area contributed by atoms with Crippen LogP contribution in [-0.2, 0) is 4.74 Å². The predicted molar refractivity (Wildman–Crippen MR) is 96.9 cm³/mol. The SMILES string of the molecule is Cc1ccccc1NC(=O)c1cnc(NCCN2CCOCC2)cn1. The van der Waals surface area contributed by atoms with Crippen LogP contribution in [0.5, 0.6) is 0 Å². The highest BCUT2D eigenvalue weighted by atomic mass is 16.5. The Labute approximate surface area is 147 Å². The van der Waals surface area contributed by atoms with Gasteiger partial charge in [-0.2, -0.15) is 0 Å². The third-order valence-electron chi connectivity index (χ3n) is 4.12. The van der Waals surface area contributed by atoms with Crippen molar-refractivity contribution in [3.63, 3.8) is 0 Å². The second kappa shape index (κ2) is 8.55. The Hall–Kier alpha value is -2.51. The van der Waals surface area contributed by atoms with Crippen LogP contribution in [-0.4, -0.2) is 60.2 Å². The Balaban J connectivity index is 1.49. The highest BCUT2D eigenvalue weighted by Crippen LogP contribution is 2.14. The van der Waals surface area contributed by atoms with Crippen molar-refractivity contribution in [2.45, 2.75) is 6.92 Å². The number of nitrogens with one attached hydrogen (secondary N) is 2. The molecule has 1 aliphatic heterocycles. The minimum absolute atomic E-state index is 0.262. The average molecular weight is 341 g/mol. The van der Waals surface area contributed by atoms with Gasteiger partial charge < -0.3 is 15.4 Å². The minimum Gasteiger partial charge on any atom is -0.379 e. The number of anilines is 2. The second-order valence-electron chi connectivity index (χ2n) is 5.94. The normalized spacial score (nSPS) is 14.9. The molecule has 2 heterocycles. The molecule has 7 heteroatoms. The van der Waals surface area contributed by atoms with Gasteiger partial charge in [0, 0.05) is 31.9 Å². The first kappa shape index (κ1) is 17.3. The van der Waals surface area contributed by atoms with Crippen LogP contribution in [0.3, 0.4) is 0 Å². The molecule has 7 nitrogen and oxygen atoms in total. The van der Waals surface area contributed by atoms with E-state index in [2.05, 4.69) is 25.5 Å². The monoisotopic (exact) mass is 341 g/mol. The highest BCUT2D eigenvalue weighted by Gasteiger charge is 2.11. The lowest BCUT2D eigenvalue weighted by Crippen LogP contribution is -2.39. The molecular formula is C18H23N5O2. The predicted octanol–water partition coefficient (Wildman–Crippen LogP) is 1.78. The van der Waals surface area contributed by atoms with E-state index in [0.717, 1.165) is 50.6 Å². The maximum absolute atomic E-state index is 12.2. The van der Waals surface area contributed by atoms with Crippen molar-refractivity contribution in [2.24, 2.45) is 0 Å². The summed E-state index contributed by atoms with van der Waals surface area (Å²) in [6.45, 7) is 7.18. The maximum atomic E-state index is 12.2. The Kier molecular flexibility index (Phi) is 5.92. The summed E-state index contributed by atoms with van der Waals surface area (Å²) in [6, 6.07) is 7.63. The van der Waals surface area contributed by atoms with Crippen molar-refractivity contribution in [3.05, 3.63) is 47.9 Å². The van der Waals surface area contributed by atoms with Crippen molar-refractivity contribution in [2.75, 3.05) is 50.0 Å². The lowest BCUT2D eigenvalue weighted by atomic mass is 10.2. The molecule has 1 fully saturated rings. The number of morpholine rings is 1. The number of nitrogens with zero attached hydrogens (tertiary/aromatic N) is 3. The summed E-state index contributed by atoms with van der Waals surface area (Å²) in [5, 5.41) is 6.08. The van der Waals surface area contributed by atoms with E-state index >= 15 is 0 Å². The van der Waals surface area contributed by atoms with Crippen LogP contribution >= 0.6 is 0 Å². The Bertz CT molecular complexity index is 699. The number of aromatic nitrogens is 2. The van der Waals surface area contributed by atoms with E-state index in [-0.39, 0.29) is 5.91 Å². The van der Waals surface area contributed by atoms with Gasteiger partial charge in [-0.3, -0.25) is 9.69 Å². The molecule has 1 aromatic heterocycles. The van der Waals surface area contributed by atoms with Crippen molar-refractivity contribution in [1.29, 1.82) is 0 Å². The van der Waals surface area contributed by atoms with Crippen LogP contribution < -0.4 is 10.6 Å². The van der Waals surface area contributed by atoms with Crippen LogP contribution in [0, 0.1) is 6.92 Å². The summed E-state index contributed by atoms with van der Waals surface area (Å²) in [6.07, 6.45) is 3.08.